The number of rotatable bonds is 11. The van der Waals surface area contributed by atoms with E-state index in [1.165, 1.54) is 7.11 Å². The third-order valence-electron chi connectivity index (χ3n) is 2.66. The number of aliphatic hydroxyl groups excluding tert-OH is 1. The van der Waals surface area contributed by atoms with Gasteiger partial charge >= 0.3 is 5.97 Å². The van der Waals surface area contributed by atoms with Gasteiger partial charge in [0.25, 0.3) is 0 Å². The fourth-order valence-corrected chi connectivity index (χ4v) is 1.51. The van der Waals surface area contributed by atoms with Crippen molar-refractivity contribution in [2.45, 2.75) is 44.6 Å². The van der Waals surface area contributed by atoms with Crippen LogP contribution in [0.1, 0.15) is 38.5 Å². The Morgan fingerprint density at radius 1 is 1.25 bits per heavy atom. The van der Waals surface area contributed by atoms with E-state index in [4.69, 9.17) is 0 Å². The van der Waals surface area contributed by atoms with Crippen molar-refractivity contribution in [2.75, 3.05) is 7.11 Å². The first-order chi connectivity index (χ1) is 9.70. The molecule has 112 valence electrons. The molecule has 3 nitrogen and oxygen atoms in total. The summed E-state index contributed by atoms with van der Waals surface area (Å²) in [4.78, 5) is 10.9. The molecule has 0 aromatic rings. The highest BCUT2D eigenvalue weighted by molar-refractivity contribution is 5.68. The molecule has 3 heteroatoms. The Morgan fingerprint density at radius 2 is 2.05 bits per heavy atom. The lowest BCUT2D eigenvalue weighted by atomic mass is 10.1. The van der Waals surface area contributed by atoms with E-state index < -0.39 is 6.10 Å². The van der Waals surface area contributed by atoms with Crippen molar-refractivity contribution < 1.29 is 14.6 Å². The monoisotopic (exact) mass is 278 g/mol. The van der Waals surface area contributed by atoms with Crippen LogP contribution in [-0.2, 0) is 9.53 Å². The highest BCUT2D eigenvalue weighted by Crippen LogP contribution is 2.03. The number of allylic oxidation sites excluding steroid dienone is 5. The number of esters is 1. The van der Waals surface area contributed by atoms with Crippen LogP contribution in [0, 0.1) is 0 Å². The van der Waals surface area contributed by atoms with Gasteiger partial charge in [-0.15, -0.1) is 6.58 Å². The maximum Gasteiger partial charge on any atom is 0.305 e. The Morgan fingerprint density at radius 3 is 2.75 bits per heavy atom. The molecule has 0 unspecified atom stereocenters. The van der Waals surface area contributed by atoms with Gasteiger partial charge < -0.3 is 9.84 Å². The number of aliphatic hydroxyl groups is 1. The first kappa shape index (κ1) is 18.4. The Hall–Kier alpha value is -1.61. The van der Waals surface area contributed by atoms with Crippen LogP contribution in [0.15, 0.2) is 49.1 Å². The van der Waals surface area contributed by atoms with Gasteiger partial charge in [0.05, 0.1) is 13.2 Å². The van der Waals surface area contributed by atoms with Gasteiger partial charge in [0.15, 0.2) is 0 Å². The summed E-state index contributed by atoms with van der Waals surface area (Å²) in [5, 5.41) is 9.66. The third-order valence-corrected chi connectivity index (χ3v) is 2.66. The summed E-state index contributed by atoms with van der Waals surface area (Å²) in [7, 11) is 1.41. The van der Waals surface area contributed by atoms with E-state index in [0.29, 0.717) is 12.8 Å². The Balaban J connectivity index is 3.58. The van der Waals surface area contributed by atoms with Crippen LogP contribution in [-0.4, -0.2) is 24.3 Å². The van der Waals surface area contributed by atoms with Gasteiger partial charge in [-0.05, 0) is 32.1 Å². The Kier molecular flexibility index (Phi) is 12.7. The van der Waals surface area contributed by atoms with Crippen LogP contribution in [0.3, 0.4) is 0 Å². The second-order valence-corrected chi connectivity index (χ2v) is 4.43. The lowest BCUT2D eigenvalue weighted by molar-refractivity contribution is -0.140. The number of carbonyl (C=O) groups is 1. The van der Waals surface area contributed by atoms with Crippen LogP contribution in [0.5, 0.6) is 0 Å². The van der Waals surface area contributed by atoms with Gasteiger partial charge in [-0.2, -0.15) is 0 Å². The molecule has 0 radical (unpaired) electrons. The van der Waals surface area contributed by atoms with E-state index in [1.807, 2.05) is 36.5 Å². The maximum atomic E-state index is 10.9. The van der Waals surface area contributed by atoms with Gasteiger partial charge in [-0.3, -0.25) is 4.79 Å². The molecule has 0 saturated heterocycles. The van der Waals surface area contributed by atoms with Crippen molar-refractivity contribution in [1.82, 2.24) is 0 Å². The number of carbonyl (C=O) groups excluding carboxylic acids is 1. The molecule has 0 aliphatic carbocycles. The van der Waals surface area contributed by atoms with E-state index in [9.17, 15) is 9.90 Å². The topological polar surface area (TPSA) is 46.5 Å². The van der Waals surface area contributed by atoms with Crippen LogP contribution >= 0.6 is 0 Å². The van der Waals surface area contributed by atoms with Crippen molar-refractivity contribution in [3.8, 4) is 0 Å². The number of unbranched alkanes of at least 4 members (excludes halogenated alkanes) is 2. The smallest absolute Gasteiger partial charge is 0.305 e. The van der Waals surface area contributed by atoms with E-state index in [-0.39, 0.29) is 5.97 Å². The predicted molar refractivity (Wildman–Crippen MR) is 83.3 cm³/mol. The second-order valence-electron chi connectivity index (χ2n) is 4.43. The van der Waals surface area contributed by atoms with Gasteiger partial charge in [0, 0.05) is 6.42 Å². The summed E-state index contributed by atoms with van der Waals surface area (Å²) in [5.41, 5.74) is 0. The molecule has 0 spiro atoms. The number of hydrogen-bond acceptors (Lipinski definition) is 3. The molecule has 0 amide bonds. The summed E-state index contributed by atoms with van der Waals surface area (Å²) in [6, 6.07) is 0. The van der Waals surface area contributed by atoms with E-state index in [1.54, 1.807) is 6.08 Å². The van der Waals surface area contributed by atoms with Crippen LogP contribution in [0.25, 0.3) is 0 Å². The molecule has 0 aromatic heterocycles. The quantitative estimate of drug-likeness (QED) is 0.271. The highest BCUT2D eigenvalue weighted by Gasteiger charge is 1.98. The molecule has 0 aliphatic rings. The summed E-state index contributed by atoms with van der Waals surface area (Å²) < 4.78 is 4.56. The van der Waals surface area contributed by atoms with E-state index >= 15 is 0 Å². The van der Waals surface area contributed by atoms with Crippen molar-refractivity contribution >= 4 is 5.97 Å². The molecule has 0 aromatic carbocycles. The van der Waals surface area contributed by atoms with Gasteiger partial charge in [-0.25, -0.2) is 0 Å². The number of methoxy groups -OCH3 is 1. The first-order valence-electron chi connectivity index (χ1n) is 7.04. The summed E-state index contributed by atoms with van der Waals surface area (Å²) in [5.74, 6) is -0.154. The Labute approximate surface area is 122 Å². The van der Waals surface area contributed by atoms with E-state index in [2.05, 4.69) is 11.3 Å². The van der Waals surface area contributed by atoms with Gasteiger partial charge in [-0.1, -0.05) is 42.5 Å². The maximum absolute atomic E-state index is 10.9. The SMILES string of the molecule is C=CC/C=C\C=C\[C@@H](O)C/C=C\CCCCC(=O)OC. The standard InChI is InChI=1S/C17H26O3/c1-3-4-5-7-10-13-16(18)14-11-8-6-9-12-15-17(19)20-2/h3,5,7-8,10-11,13,16,18H,1,4,6,9,12,14-15H2,2H3/b7-5-,11-8-,13-10+/t16-/m1/s1. The highest BCUT2D eigenvalue weighted by atomic mass is 16.5. The molecule has 0 bridgehead atoms. The summed E-state index contributed by atoms with van der Waals surface area (Å²) in [6.45, 7) is 3.62. The van der Waals surface area contributed by atoms with Gasteiger partial charge in [0.2, 0.25) is 0 Å². The third kappa shape index (κ3) is 12.8. The van der Waals surface area contributed by atoms with Crippen LogP contribution < -0.4 is 0 Å². The lowest BCUT2D eigenvalue weighted by Crippen LogP contribution is -1.99. The molecule has 0 saturated carbocycles. The average molecular weight is 278 g/mol. The fraction of sp³-hybridized carbons (Fsp3) is 0.471. The van der Waals surface area contributed by atoms with Crippen molar-refractivity contribution in [1.29, 1.82) is 0 Å². The molecular weight excluding hydrogens is 252 g/mol. The molecule has 0 aliphatic heterocycles. The lowest BCUT2D eigenvalue weighted by Gasteiger charge is -2.00. The van der Waals surface area contributed by atoms with Crippen LogP contribution in [0.2, 0.25) is 0 Å². The predicted octanol–water partition coefficient (Wildman–Crippen LogP) is 3.72. The van der Waals surface area contributed by atoms with Crippen molar-refractivity contribution in [3.63, 3.8) is 0 Å². The van der Waals surface area contributed by atoms with Crippen LogP contribution in [0.4, 0.5) is 0 Å². The molecular formula is C17H26O3. The molecule has 0 rings (SSSR count). The summed E-state index contributed by atoms with van der Waals surface area (Å²) in [6.07, 6.45) is 17.5. The zero-order valence-corrected chi connectivity index (χ0v) is 12.3. The molecule has 0 heterocycles. The molecule has 1 N–H and O–H groups in total. The summed E-state index contributed by atoms with van der Waals surface area (Å²) >= 11 is 0. The van der Waals surface area contributed by atoms with Crippen molar-refractivity contribution in [2.24, 2.45) is 0 Å². The van der Waals surface area contributed by atoms with E-state index in [0.717, 1.165) is 25.7 Å². The zero-order valence-electron chi connectivity index (χ0n) is 12.3. The molecule has 20 heavy (non-hydrogen) atoms. The molecule has 1 atom stereocenters. The Bertz CT molecular complexity index is 340. The normalized spacial score (nSPS) is 13.3. The average Bonchev–Trinajstić information content (AvgIpc) is 2.45. The first-order valence-corrected chi connectivity index (χ1v) is 7.04. The number of ether oxygens (including phenoxy) is 1. The largest absolute Gasteiger partial charge is 0.469 e. The zero-order chi connectivity index (χ0) is 15.1. The van der Waals surface area contributed by atoms with Crippen molar-refractivity contribution in [3.05, 3.63) is 49.1 Å². The minimum absolute atomic E-state index is 0.154. The second kappa shape index (κ2) is 13.8. The fourth-order valence-electron chi connectivity index (χ4n) is 1.51. The molecule has 0 fully saturated rings. The van der Waals surface area contributed by atoms with Gasteiger partial charge in [0.1, 0.15) is 0 Å². The minimum atomic E-state index is -0.449. The minimum Gasteiger partial charge on any atom is -0.469 e. The number of hydrogen-bond donors (Lipinski definition) is 1.